The van der Waals surface area contributed by atoms with E-state index in [1.165, 1.54) is 44.3 Å². The molecule has 1 aliphatic rings. The van der Waals surface area contributed by atoms with Crippen LogP contribution in [0.1, 0.15) is 64.6 Å². The number of hydrogen-bond acceptors (Lipinski definition) is 2. The Morgan fingerprint density at radius 2 is 2.05 bits per heavy atom. The van der Waals surface area contributed by atoms with Crippen LogP contribution in [0.4, 0.5) is 0 Å². The lowest BCUT2D eigenvalue weighted by Crippen LogP contribution is -2.26. The van der Waals surface area contributed by atoms with Crippen molar-refractivity contribution in [3.8, 4) is 0 Å². The van der Waals surface area contributed by atoms with Gasteiger partial charge in [0.25, 0.3) is 0 Å². The molecule has 1 N–H and O–H groups in total. The van der Waals surface area contributed by atoms with Crippen LogP contribution in [-0.2, 0) is 6.42 Å². The highest BCUT2D eigenvalue weighted by Crippen LogP contribution is 2.47. The summed E-state index contributed by atoms with van der Waals surface area (Å²) in [7, 11) is 0. The van der Waals surface area contributed by atoms with Crippen LogP contribution in [0.3, 0.4) is 0 Å². The van der Waals surface area contributed by atoms with Gasteiger partial charge in [-0.1, -0.05) is 20.8 Å². The largest absolute Gasteiger partial charge is 0.316 e. The third-order valence-electron chi connectivity index (χ3n) is 4.42. The van der Waals surface area contributed by atoms with E-state index in [-0.39, 0.29) is 0 Å². The average molecular weight is 263 g/mol. The minimum atomic E-state index is 0.516. The average Bonchev–Trinajstić information content (AvgIpc) is 3.01. The van der Waals surface area contributed by atoms with Gasteiger partial charge in [0.05, 0.1) is 11.7 Å². The zero-order valence-electron chi connectivity index (χ0n) is 12.8. The third-order valence-corrected chi connectivity index (χ3v) is 4.42. The molecule has 0 aliphatic heterocycles. The fraction of sp³-hybridized carbons (Fsp3) is 0.812. The van der Waals surface area contributed by atoms with Crippen molar-refractivity contribution in [2.45, 2.75) is 65.3 Å². The first-order valence-electron chi connectivity index (χ1n) is 7.97. The van der Waals surface area contributed by atoms with Gasteiger partial charge < -0.3 is 5.32 Å². The van der Waals surface area contributed by atoms with Gasteiger partial charge in [0.1, 0.15) is 0 Å². The summed E-state index contributed by atoms with van der Waals surface area (Å²) in [5.41, 5.74) is 1.80. The number of nitrogens with zero attached hydrogens (tertiary/aromatic N) is 2. The molecule has 1 fully saturated rings. The van der Waals surface area contributed by atoms with Crippen molar-refractivity contribution >= 4 is 0 Å². The maximum Gasteiger partial charge on any atom is 0.0630 e. The fourth-order valence-electron chi connectivity index (χ4n) is 2.85. The quantitative estimate of drug-likeness (QED) is 0.690. The summed E-state index contributed by atoms with van der Waals surface area (Å²) < 4.78 is 2.17. The van der Waals surface area contributed by atoms with Crippen LogP contribution in [0.15, 0.2) is 12.3 Å². The number of rotatable bonds is 9. The first kappa shape index (κ1) is 14.6. The Morgan fingerprint density at radius 1 is 1.32 bits per heavy atom. The van der Waals surface area contributed by atoms with E-state index in [1.807, 2.05) is 0 Å². The van der Waals surface area contributed by atoms with Gasteiger partial charge in [-0.15, -0.1) is 0 Å². The van der Waals surface area contributed by atoms with Crippen molar-refractivity contribution in [1.29, 1.82) is 0 Å². The standard InChI is InChI=1S/C16H29N3/c1-4-10-17-13-16(8-9-16)12-14-7-11-19(18-14)15(5-2)6-3/h7,11,15,17H,4-6,8-10,12-13H2,1-3H3. The van der Waals surface area contributed by atoms with Gasteiger partial charge in [-0.2, -0.15) is 5.10 Å². The molecule has 0 bridgehead atoms. The van der Waals surface area contributed by atoms with E-state index < -0.39 is 0 Å². The monoisotopic (exact) mass is 263 g/mol. The summed E-state index contributed by atoms with van der Waals surface area (Å²) in [6, 6.07) is 2.79. The maximum atomic E-state index is 4.79. The highest BCUT2D eigenvalue weighted by atomic mass is 15.3. The molecule has 3 nitrogen and oxygen atoms in total. The molecule has 0 saturated heterocycles. The second-order valence-corrected chi connectivity index (χ2v) is 6.11. The molecular formula is C16H29N3. The van der Waals surface area contributed by atoms with Crippen LogP contribution in [0.2, 0.25) is 0 Å². The van der Waals surface area contributed by atoms with E-state index >= 15 is 0 Å². The van der Waals surface area contributed by atoms with Crippen molar-refractivity contribution in [2.75, 3.05) is 13.1 Å². The predicted octanol–water partition coefficient (Wildman–Crippen LogP) is 3.57. The van der Waals surface area contributed by atoms with Gasteiger partial charge in [-0.3, -0.25) is 4.68 Å². The summed E-state index contributed by atoms with van der Waals surface area (Å²) in [4.78, 5) is 0. The SMILES string of the molecule is CCCNCC1(Cc2ccn(C(CC)CC)n2)CC1. The molecule has 3 heteroatoms. The van der Waals surface area contributed by atoms with Crippen LogP contribution in [0, 0.1) is 5.41 Å². The van der Waals surface area contributed by atoms with E-state index in [1.54, 1.807) is 0 Å². The molecule has 19 heavy (non-hydrogen) atoms. The van der Waals surface area contributed by atoms with Crippen molar-refractivity contribution in [2.24, 2.45) is 5.41 Å². The molecule has 0 aromatic carbocycles. The fourth-order valence-corrected chi connectivity index (χ4v) is 2.85. The molecule has 1 saturated carbocycles. The molecule has 0 radical (unpaired) electrons. The highest BCUT2D eigenvalue weighted by Gasteiger charge is 2.42. The van der Waals surface area contributed by atoms with E-state index in [0.29, 0.717) is 11.5 Å². The van der Waals surface area contributed by atoms with E-state index in [0.717, 1.165) is 13.0 Å². The number of aromatic nitrogens is 2. The Morgan fingerprint density at radius 3 is 2.63 bits per heavy atom. The van der Waals surface area contributed by atoms with Gasteiger partial charge in [0.15, 0.2) is 0 Å². The van der Waals surface area contributed by atoms with Crippen molar-refractivity contribution in [3.63, 3.8) is 0 Å². The van der Waals surface area contributed by atoms with Crippen LogP contribution in [0.25, 0.3) is 0 Å². The van der Waals surface area contributed by atoms with Gasteiger partial charge in [-0.25, -0.2) is 0 Å². The Balaban J connectivity index is 1.89. The second-order valence-electron chi connectivity index (χ2n) is 6.11. The molecule has 1 aromatic rings. The van der Waals surface area contributed by atoms with Crippen LogP contribution < -0.4 is 5.32 Å². The van der Waals surface area contributed by atoms with E-state index in [2.05, 4.69) is 43.0 Å². The van der Waals surface area contributed by atoms with E-state index in [4.69, 9.17) is 5.10 Å². The molecular weight excluding hydrogens is 234 g/mol. The minimum Gasteiger partial charge on any atom is -0.316 e. The summed E-state index contributed by atoms with van der Waals surface area (Å²) in [6.45, 7) is 9.02. The summed E-state index contributed by atoms with van der Waals surface area (Å²) in [5.74, 6) is 0. The second kappa shape index (κ2) is 6.56. The van der Waals surface area contributed by atoms with Gasteiger partial charge in [-0.05, 0) is 56.6 Å². The Kier molecular flexibility index (Phi) is 5.03. The third kappa shape index (κ3) is 3.82. The summed E-state index contributed by atoms with van der Waals surface area (Å²) in [6.07, 6.45) is 9.60. The van der Waals surface area contributed by atoms with Crippen molar-refractivity contribution in [1.82, 2.24) is 15.1 Å². The van der Waals surface area contributed by atoms with Crippen LogP contribution in [0.5, 0.6) is 0 Å². The highest BCUT2D eigenvalue weighted by molar-refractivity contribution is 5.09. The summed E-state index contributed by atoms with van der Waals surface area (Å²) in [5, 5.41) is 8.37. The summed E-state index contributed by atoms with van der Waals surface area (Å²) >= 11 is 0. The van der Waals surface area contributed by atoms with Gasteiger partial charge >= 0.3 is 0 Å². The number of nitrogens with one attached hydrogen (secondary N) is 1. The first-order chi connectivity index (χ1) is 9.23. The first-order valence-corrected chi connectivity index (χ1v) is 7.97. The lowest BCUT2D eigenvalue weighted by molar-refractivity contribution is 0.413. The zero-order valence-corrected chi connectivity index (χ0v) is 12.8. The Hall–Kier alpha value is -0.830. The van der Waals surface area contributed by atoms with Crippen molar-refractivity contribution < 1.29 is 0 Å². The molecule has 0 amide bonds. The molecule has 2 rings (SSSR count). The molecule has 108 valence electrons. The molecule has 0 atom stereocenters. The molecule has 0 unspecified atom stereocenters. The van der Waals surface area contributed by atoms with Gasteiger partial charge in [0, 0.05) is 12.7 Å². The normalized spacial score (nSPS) is 17.1. The van der Waals surface area contributed by atoms with Crippen molar-refractivity contribution in [3.05, 3.63) is 18.0 Å². The molecule has 1 heterocycles. The predicted molar refractivity (Wildman–Crippen MR) is 80.4 cm³/mol. The van der Waals surface area contributed by atoms with Crippen LogP contribution in [-0.4, -0.2) is 22.9 Å². The number of hydrogen-bond donors (Lipinski definition) is 1. The van der Waals surface area contributed by atoms with E-state index in [9.17, 15) is 0 Å². The lowest BCUT2D eigenvalue weighted by atomic mass is 10.0. The lowest BCUT2D eigenvalue weighted by Gasteiger charge is -2.15. The Labute approximate surface area is 117 Å². The molecule has 0 spiro atoms. The Bertz CT molecular complexity index is 375. The van der Waals surface area contributed by atoms with Crippen LogP contribution >= 0.6 is 0 Å². The topological polar surface area (TPSA) is 29.9 Å². The van der Waals surface area contributed by atoms with Gasteiger partial charge in [0.2, 0.25) is 0 Å². The smallest absolute Gasteiger partial charge is 0.0630 e. The maximum absolute atomic E-state index is 4.79. The molecule has 1 aliphatic carbocycles. The minimum absolute atomic E-state index is 0.516. The molecule has 1 aromatic heterocycles. The zero-order chi connectivity index (χ0) is 13.7.